The Morgan fingerprint density at radius 3 is 2.54 bits per heavy atom. The van der Waals surface area contributed by atoms with Gasteiger partial charge in [-0.25, -0.2) is 13.8 Å². The van der Waals surface area contributed by atoms with Crippen molar-refractivity contribution < 1.29 is 18.7 Å². The fourth-order valence-electron chi connectivity index (χ4n) is 3.16. The van der Waals surface area contributed by atoms with Crippen LogP contribution in [0.5, 0.6) is 0 Å². The van der Waals surface area contributed by atoms with Gasteiger partial charge in [-0.05, 0) is 29.8 Å². The van der Waals surface area contributed by atoms with Crippen LogP contribution in [0.15, 0.2) is 67.0 Å². The van der Waals surface area contributed by atoms with E-state index in [0.29, 0.717) is 23.2 Å². The van der Waals surface area contributed by atoms with Gasteiger partial charge in [0.1, 0.15) is 23.9 Å². The number of Topliss-reactive ketones (excluding diaryl/α,β-unsaturated/α-hetero) is 1. The van der Waals surface area contributed by atoms with Crippen molar-refractivity contribution in [3.63, 3.8) is 0 Å². The molecular weight excluding hydrogens is 362 g/mol. The molecule has 0 saturated carbocycles. The molecule has 0 saturated heterocycles. The first-order chi connectivity index (χ1) is 13.5. The zero-order valence-electron chi connectivity index (χ0n) is 14.8. The SMILES string of the molecule is O=C(CO)c1ccc(Cn2ccc3cc(-c4ccc(F)cc4F)cnc32)cc1. The van der Waals surface area contributed by atoms with Crippen LogP contribution in [0.3, 0.4) is 0 Å². The second-order valence-electron chi connectivity index (χ2n) is 6.48. The predicted octanol–water partition coefficient (Wildman–Crippen LogP) is 4.20. The van der Waals surface area contributed by atoms with Crippen LogP contribution in [0.1, 0.15) is 15.9 Å². The van der Waals surface area contributed by atoms with E-state index in [-0.39, 0.29) is 5.78 Å². The summed E-state index contributed by atoms with van der Waals surface area (Å²) in [5.74, 6) is -1.56. The summed E-state index contributed by atoms with van der Waals surface area (Å²) in [6, 6.07) is 14.2. The molecule has 0 radical (unpaired) electrons. The first-order valence-corrected chi connectivity index (χ1v) is 8.68. The molecule has 0 bridgehead atoms. The van der Waals surface area contributed by atoms with E-state index in [1.54, 1.807) is 18.3 Å². The number of rotatable bonds is 5. The molecule has 0 atom stereocenters. The molecule has 6 heteroatoms. The van der Waals surface area contributed by atoms with Crippen molar-refractivity contribution in [2.45, 2.75) is 6.54 Å². The largest absolute Gasteiger partial charge is 0.388 e. The van der Waals surface area contributed by atoms with Crippen LogP contribution in [0.25, 0.3) is 22.2 Å². The highest BCUT2D eigenvalue weighted by molar-refractivity contribution is 5.96. The van der Waals surface area contributed by atoms with E-state index in [4.69, 9.17) is 5.11 Å². The molecule has 140 valence electrons. The Morgan fingerprint density at radius 2 is 1.82 bits per heavy atom. The summed E-state index contributed by atoms with van der Waals surface area (Å²) in [6.45, 7) is 0.0385. The maximum Gasteiger partial charge on any atom is 0.188 e. The smallest absolute Gasteiger partial charge is 0.188 e. The number of carbonyl (C=O) groups is 1. The Bertz CT molecular complexity index is 1170. The standard InChI is InChI=1S/C22H16F2N2O2/c23-18-5-6-19(20(24)10-18)17-9-16-7-8-26(22(16)25-11-17)12-14-1-3-15(4-2-14)21(28)13-27/h1-11,27H,12-13H2. The molecule has 28 heavy (non-hydrogen) atoms. The second kappa shape index (κ2) is 7.32. The number of benzene rings is 2. The molecule has 1 N–H and O–H groups in total. The van der Waals surface area contributed by atoms with Crippen molar-refractivity contribution >= 4 is 16.8 Å². The minimum absolute atomic E-state index is 0.299. The number of hydrogen-bond acceptors (Lipinski definition) is 3. The molecule has 0 spiro atoms. The predicted molar refractivity (Wildman–Crippen MR) is 102 cm³/mol. The minimum atomic E-state index is -0.627. The Hall–Kier alpha value is -3.38. The van der Waals surface area contributed by atoms with Gasteiger partial charge >= 0.3 is 0 Å². The molecule has 0 aliphatic rings. The molecule has 0 unspecified atom stereocenters. The highest BCUT2D eigenvalue weighted by atomic mass is 19.1. The normalized spacial score (nSPS) is 11.1. The summed E-state index contributed by atoms with van der Waals surface area (Å²) < 4.78 is 29.1. The monoisotopic (exact) mass is 378 g/mol. The zero-order chi connectivity index (χ0) is 19.7. The van der Waals surface area contributed by atoms with Crippen LogP contribution in [-0.4, -0.2) is 27.0 Å². The molecule has 4 rings (SSSR count). The van der Waals surface area contributed by atoms with Crippen molar-refractivity contribution in [1.29, 1.82) is 0 Å². The maximum atomic E-state index is 14.0. The van der Waals surface area contributed by atoms with Gasteiger partial charge in [-0.3, -0.25) is 4.79 Å². The Balaban J connectivity index is 1.62. The summed E-state index contributed by atoms with van der Waals surface area (Å²) in [4.78, 5) is 15.9. The van der Waals surface area contributed by atoms with E-state index in [1.807, 2.05) is 35.0 Å². The summed E-state index contributed by atoms with van der Waals surface area (Å²) in [7, 11) is 0. The van der Waals surface area contributed by atoms with E-state index in [0.717, 1.165) is 22.7 Å². The fourth-order valence-corrected chi connectivity index (χ4v) is 3.16. The molecule has 2 aromatic heterocycles. The molecule has 2 aromatic carbocycles. The quantitative estimate of drug-likeness (QED) is 0.530. The number of aliphatic hydroxyl groups excluding tert-OH is 1. The number of nitrogens with zero attached hydrogens (tertiary/aromatic N) is 2. The van der Waals surface area contributed by atoms with E-state index < -0.39 is 18.2 Å². The molecule has 0 aliphatic heterocycles. The lowest BCUT2D eigenvalue weighted by Gasteiger charge is -2.07. The van der Waals surface area contributed by atoms with Crippen molar-refractivity contribution in [2.24, 2.45) is 0 Å². The summed E-state index contributed by atoms with van der Waals surface area (Å²) in [5.41, 5.74) is 3.05. The van der Waals surface area contributed by atoms with Crippen LogP contribution in [0.2, 0.25) is 0 Å². The number of hydrogen-bond donors (Lipinski definition) is 1. The zero-order valence-corrected chi connectivity index (χ0v) is 14.8. The number of ketones is 1. The third kappa shape index (κ3) is 3.42. The summed E-state index contributed by atoms with van der Waals surface area (Å²) >= 11 is 0. The molecular formula is C22H16F2N2O2. The Morgan fingerprint density at radius 1 is 1.04 bits per heavy atom. The van der Waals surface area contributed by atoms with Gasteiger partial charge in [0.15, 0.2) is 5.78 Å². The van der Waals surface area contributed by atoms with Crippen molar-refractivity contribution in [2.75, 3.05) is 6.61 Å². The van der Waals surface area contributed by atoms with Crippen LogP contribution < -0.4 is 0 Å². The van der Waals surface area contributed by atoms with E-state index in [9.17, 15) is 13.6 Å². The average molecular weight is 378 g/mol. The van der Waals surface area contributed by atoms with Gasteiger partial charge in [0.05, 0.1) is 0 Å². The van der Waals surface area contributed by atoms with Gasteiger partial charge in [-0.1, -0.05) is 24.3 Å². The maximum absolute atomic E-state index is 14.0. The highest BCUT2D eigenvalue weighted by Gasteiger charge is 2.10. The number of aromatic nitrogens is 2. The third-order valence-corrected chi connectivity index (χ3v) is 4.62. The first-order valence-electron chi connectivity index (χ1n) is 8.68. The first kappa shape index (κ1) is 18.0. The van der Waals surface area contributed by atoms with Crippen LogP contribution in [0.4, 0.5) is 8.78 Å². The van der Waals surface area contributed by atoms with Crippen molar-refractivity contribution in [3.8, 4) is 11.1 Å². The van der Waals surface area contributed by atoms with Crippen molar-refractivity contribution in [3.05, 3.63) is 89.8 Å². The Labute approximate surface area is 159 Å². The van der Waals surface area contributed by atoms with Crippen molar-refractivity contribution in [1.82, 2.24) is 9.55 Å². The lowest BCUT2D eigenvalue weighted by atomic mass is 10.1. The highest BCUT2D eigenvalue weighted by Crippen LogP contribution is 2.26. The summed E-state index contributed by atoms with van der Waals surface area (Å²) in [5, 5.41) is 9.76. The van der Waals surface area contributed by atoms with E-state index in [1.165, 1.54) is 12.1 Å². The van der Waals surface area contributed by atoms with Crippen LogP contribution in [-0.2, 0) is 6.54 Å². The number of pyridine rings is 1. The van der Waals surface area contributed by atoms with Gasteiger partial charge in [-0.15, -0.1) is 0 Å². The Kier molecular flexibility index (Phi) is 4.71. The second-order valence-corrected chi connectivity index (χ2v) is 6.48. The fraction of sp³-hybridized carbons (Fsp3) is 0.0909. The molecule has 2 heterocycles. The van der Waals surface area contributed by atoms with Gasteiger partial charge in [-0.2, -0.15) is 0 Å². The van der Waals surface area contributed by atoms with Gasteiger partial charge < -0.3 is 9.67 Å². The third-order valence-electron chi connectivity index (χ3n) is 4.62. The lowest BCUT2D eigenvalue weighted by Crippen LogP contribution is -2.05. The number of aliphatic hydroxyl groups is 1. The summed E-state index contributed by atoms with van der Waals surface area (Å²) in [6.07, 6.45) is 3.45. The van der Waals surface area contributed by atoms with Gasteiger partial charge in [0, 0.05) is 47.1 Å². The number of fused-ring (bicyclic) bond motifs is 1. The van der Waals surface area contributed by atoms with E-state index in [2.05, 4.69) is 4.98 Å². The lowest BCUT2D eigenvalue weighted by molar-refractivity contribution is 0.0903. The molecule has 0 fully saturated rings. The number of carbonyl (C=O) groups excluding carboxylic acids is 1. The molecule has 0 aliphatic carbocycles. The minimum Gasteiger partial charge on any atom is -0.388 e. The number of halogens is 2. The van der Waals surface area contributed by atoms with E-state index >= 15 is 0 Å². The van der Waals surface area contributed by atoms with Crippen LogP contribution >= 0.6 is 0 Å². The molecule has 4 aromatic rings. The molecule has 4 nitrogen and oxygen atoms in total. The topological polar surface area (TPSA) is 55.1 Å². The van der Waals surface area contributed by atoms with Gasteiger partial charge in [0.25, 0.3) is 0 Å². The van der Waals surface area contributed by atoms with Gasteiger partial charge in [0.2, 0.25) is 0 Å². The molecule has 0 amide bonds. The average Bonchev–Trinajstić information content (AvgIpc) is 3.10. The van der Waals surface area contributed by atoms with Crippen LogP contribution in [0, 0.1) is 11.6 Å².